The van der Waals surface area contributed by atoms with Crippen LogP contribution in [0.15, 0.2) is 12.3 Å². The lowest BCUT2D eigenvalue weighted by atomic mass is 10.1. The summed E-state index contributed by atoms with van der Waals surface area (Å²) in [6.07, 6.45) is 4.24. The van der Waals surface area contributed by atoms with Crippen molar-refractivity contribution in [1.29, 1.82) is 0 Å². The van der Waals surface area contributed by atoms with Gasteiger partial charge in [0.25, 0.3) is 5.91 Å². The van der Waals surface area contributed by atoms with E-state index in [0.717, 1.165) is 37.9 Å². The number of carbonyl (C=O) groups is 1. The number of pyridine rings is 1. The van der Waals surface area contributed by atoms with Gasteiger partial charge in [-0.25, -0.2) is 0 Å². The number of aromatic nitrogens is 1. The Morgan fingerprint density at radius 3 is 2.58 bits per heavy atom. The summed E-state index contributed by atoms with van der Waals surface area (Å²) in [7, 11) is 0. The molecule has 1 saturated carbocycles. The highest BCUT2D eigenvalue weighted by atomic mass is 16.2. The lowest BCUT2D eigenvalue weighted by Crippen LogP contribution is -2.49. The van der Waals surface area contributed by atoms with E-state index in [2.05, 4.69) is 9.88 Å². The van der Waals surface area contributed by atoms with Crippen LogP contribution < -0.4 is 5.73 Å². The molecule has 0 atom stereocenters. The number of piperazine rings is 1. The SMILES string of the molecule is Cc1cc(N)c(C(=O)N2CCN(C3CC3)CC2)cn1. The number of nitrogens with two attached hydrogens (primary N) is 1. The van der Waals surface area contributed by atoms with Crippen molar-refractivity contribution in [2.24, 2.45) is 0 Å². The van der Waals surface area contributed by atoms with E-state index < -0.39 is 0 Å². The predicted molar refractivity (Wildman–Crippen MR) is 73.9 cm³/mol. The number of hydrogen-bond donors (Lipinski definition) is 1. The van der Waals surface area contributed by atoms with E-state index in [1.54, 1.807) is 12.3 Å². The molecule has 2 fully saturated rings. The molecule has 0 radical (unpaired) electrons. The predicted octanol–water partition coefficient (Wildman–Crippen LogP) is 0.892. The van der Waals surface area contributed by atoms with E-state index >= 15 is 0 Å². The van der Waals surface area contributed by atoms with Gasteiger partial charge in [-0.1, -0.05) is 0 Å². The molecule has 1 aliphatic heterocycles. The van der Waals surface area contributed by atoms with Gasteiger partial charge in [0.2, 0.25) is 0 Å². The van der Waals surface area contributed by atoms with Crippen molar-refractivity contribution in [3.8, 4) is 0 Å². The third-order valence-electron chi connectivity index (χ3n) is 3.97. The summed E-state index contributed by atoms with van der Waals surface area (Å²) in [5.74, 6) is 0.0143. The minimum Gasteiger partial charge on any atom is -0.398 e. The molecule has 5 heteroatoms. The molecule has 1 amide bonds. The molecule has 2 aliphatic rings. The quantitative estimate of drug-likeness (QED) is 0.858. The van der Waals surface area contributed by atoms with Gasteiger partial charge in [0.15, 0.2) is 0 Å². The molecular weight excluding hydrogens is 240 g/mol. The zero-order valence-electron chi connectivity index (χ0n) is 11.3. The van der Waals surface area contributed by atoms with Crippen LogP contribution in [0.5, 0.6) is 0 Å². The minimum absolute atomic E-state index is 0.0143. The van der Waals surface area contributed by atoms with Crippen LogP contribution in [0, 0.1) is 6.92 Å². The molecule has 1 aromatic heterocycles. The highest BCUT2D eigenvalue weighted by Gasteiger charge is 2.32. The van der Waals surface area contributed by atoms with Gasteiger partial charge in [-0.05, 0) is 25.8 Å². The molecule has 0 spiro atoms. The van der Waals surface area contributed by atoms with Crippen LogP contribution in [-0.4, -0.2) is 52.9 Å². The fourth-order valence-corrected chi connectivity index (χ4v) is 2.66. The summed E-state index contributed by atoms with van der Waals surface area (Å²) in [6, 6.07) is 2.54. The van der Waals surface area contributed by atoms with Crippen molar-refractivity contribution in [3.05, 3.63) is 23.5 Å². The van der Waals surface area contributed by atoms with Gasteiger partial charge in [-0.2, -0.15) is 0 Å². The number of carbonyl (C=O) groups excluding carboxylic acids is 1. The third kappa shape index (κ3) is 2.56. The maximum absolute atomic E-state index is 12.4. The maximum atomic E-state index is 12.4. The van der Waals surface area contributed by atoms with Gasteiger partial charge in [0.05, 0.1) is 5.56 Å². The van der Waals surface area contributed by atoms with E-state index in [4.69, 9.17) is 5.73 Å². The minimum atomic E-state index is 0.0143. The molecule has 1 aliphatic carbocycles. The van der Waals surface area contributed by atoms with E-state index in [1.807, 2.05) is 11.8 Å². The molecular formula is C14H20N4O. The first-order valence-electron chi connectivity index (χ1n) is 6.90. The summed E-state index contributed by atoms with van der Waals surface area (Å²) in [4.78, 5) is 21.0. The Morgan fingerprint density at radius 2 is 2.00 bits per heavy atom. The van der Waals surface area contributed by atoms with Crippen LogP contribution in [-0.2, 0) is 0 Å². The van der Waals surface area contributed by atoms with E-state index in [-0.39, 0.29) is 5.91 Å². The first-order valence-corrected chi connectivity index (χ1v) is 6.90. The average Bonchev–Trinajstić information content (AvgIpc) is 3.22. The molecule has 19 heavy (non-hydrogen) atoms. The van der Waals surface area contributed by atoms with Crippen molar-refractivity contribution in [1.82, 2.24) is 14.8 Å². The Morgan fingerprint density at radius 1 is 1.32 bits per heavy atom. The Bertz CT molecular complexity index is 490. The topological polar surface area (TPSA) is 62.5 Å². The molecule has 2 N–H and O–H groups in total. The van der Waals surface area contributed by atoms with E-state index in [9.17, 15) is 4.79 Å². The van der Waals surface area contributed by atoms with Gasteiger partial charge >= 0.3 is 0 Å². The molecule has 2 heterocycles. The first kappa shape index (κ1) is 12.4. The first-order chi connectivity index (χ1) is 9.15. The second kappa shape index (κ2) is 4.81. The van der Waals surface area contributed by atoms with Gasteiger partial charge in [-0.15, -0.1) is 0 Å². The van der Waals surface area contributed by atoms with Crippen molar-refractivity contribution < 1.29 is 4.79 Å². The molecule has 5 nitrogen and oxygen atoms in total. The molecule has 1 aromatic rings. The number of hydrogen-bond acceptors (Lipinski definition) is 4. The number of aryl methyl sites for hydroxylation is 1. The molecule has 0 unspecified atom stereocenters. The number of anilines is 1. The zero-order chi connectivity index (χ0) is 13.4. The summed E-state index contributed by atoms with van der Waals surface area (Å²) in [6.45, 7) is 5.43. The molecule has 0 bridgehead atoms. The summed E-state index contributed by atoms with van der Waals surface area (Å²) in [5.41, 5.74) is 7.82. The molecule has 1 saturated heterocycles. The van der Waals surface area contributed by atoms with Crippen molar-refractivity contribution in [2.75, 3.05) is 31.9 Å². The van der Waals surface area contributed by atoms with E-state index in [0.29, 0.717) is 11.3 Å². The van der Waals surface area contributed by atoms with Crippen LogP contribution in [0.4, 0.5) is 5.69 Å². The number of amides is 1. The summed E-state index contributed by atoms with van der Waals surface area (Å²) >= 11 is 0. The normalized spacial score (nSPS) is 20.6. The van der Waals surface area contributed by atoms with Crippen molar-refractivity contribution in [2.45, 2.75) is 25.8 Å². The third-order valence-corrected chi connectivity index (χ3v) is 3.97. The van der Waals surface area contributed by atoms with Crippen molar-refractivity contribution >= 4 is 11.6 Å². The van der Waals surface area contributed by atoms with Crippen LogP contribution in [0.25, 0.3) is 0 Å². The Kier molecular flexibility index (Phi) is 3.14. The number of rotatable bonds is 2. The molecule has 102 valence electrons. The fraction of sp³-hybridized carbons (Fsp3) is 0.571. The van der Waals surface area contributed by atoms with E-state index in [1.165, 1.54) is 12.8 Å². The Labute approximate surface area is 113 Å². The summed E-state index contributed by atoms with van der Waals surface area (Å²) in [5, 5.41) is 0. The monoisotopic (exact) mass is 260 g/mol. The van der Waals surface area contributed by atoms with Gasteiger partial charge in [0, 0.05) is 49.8 Å². The van der Waals surface area contributed by atoms with Crippen LogP contribution >= 0.6 is 0 Å². The smallest absolute Gasteiger partial charge is 0.257 e. The highest BCUT2D eigenvalue weighted by molar-refractivity contribution is 5.98. The highest BCUT2D eigenvalue weighted by Crippen LogP contribution is 2.27. The van der Waals surface area contributed by atoms with Crippen molar-refractivity contribution in [3.63, 3.8) is 0 Å². The number of nitrogens with zero attached hydrogens (tertiary/aromatic N) is 3. The lowest BCUT2D eigenvalue weighted by molar-refractivity contribution is 0.0628. The average molecular weight is 260 g/mol. The van der Waals surface area contributed by atoms with Crippen LogP contribution in [0.1, 0.15) is 28.9 Å². The van der Waals surface area contributed by atoms with Crippen LogP contribution in [0.2, 0.25) is 0 Å². The number of nitrogen functional groups attached to an aromatic ring is 1. The molecule has 0 aromatic carbocycles. The standard InChI is InChI=1S/C14H20N4O/c1-10-8-13(15)12(9-16-10)14(19)18-6-4-17(5-7-18)11-2-3-11/h8-9,11H,2-7H2,1H3,(H2,15,16). The Balaban J connectivity index is 1.67. The van der Waals surface area contributed by atoms with Gasteiger partial charge in [-0.3, -0.25) is 14.7 Å². The Hall–Kier alpha value is -1.62. The second-order valence-corrected chi connectivity index (χ2v) is 5.47. The molecule has 3 rings (SSSR count). The summed E-state index contributed by atoms with van der Waals surface area (Å²) < 4.78 is 0. The van der Waals surface area contributed by atoms with Gasteiger partial charge in [0.1, 0.15) is 0 Å². The second-order valence-electron chi connectivity index (χ2n) is 5.47. The largest absolute Gasteiger partial charge is 0.398 e. The zero-order valence-corrected chi connectivity index (χ0v) is 11.3. The van der Waals surface area contributed by atoms with Crippen LogP contribution in [0.3, 0.4) is 0 Å². The lowest BCUT2D eigenvalue weighted by Gasteiger charge is -2.35. The fourth-order valence-electron chi connectivity index (χ4n) is 2.66. The van der Waals surface area contributed by atoms with Gasteiger partial charge < -0.3 is 10.6 Å². The maximum Gasteiger partial charge on any atom is 0.257 e.